The molecule has 0 aliphatic carbocycles. The number of aliphatic carboxylic acids is 1. The van der Waals surface area contributed by atoms with Gasteiger partial charge in [-0.05, 0) is 19.1 Å². The molecule has 0 saturated carbocycles. The highest BCUT2D eigenvalue weighted by Crippen LogP contribution is 2.33. The Morgan fingerprint density at radius 3 is 3.00 bits per heavy atom. The van der Waals surface area contributed by atoms with Crippen LogP contribution in [0.4, 0.5) is 0 Å². The molecule has 76 valence electrons. The van der Waals surface area contributed by atoms with E-state index in [0.717, 1.165) is 11.5 Å². The summed E-state index contributed by atoms with van der Waals surface area (Å²) in [5.74, 6) is 1.43. The first-order valence-electron chi connectivity index (χ1n) is 4.33. The number of hydrogen-bond donors (Lipinski definition) is 2. The van der Waals surface area contributed by atoms with Crippen molar-refractivity contribution in [2.45, 2.75) is 18.3 Å². The predicted molar refractivity (Wildman–Crippen MR) is 53.2 cm³/mol. The molecular weight excluding hydrogens is 202 g/mol. The zero-order chi connectivity index (χ0) is 10.1. The molecule has 2 atom stereocenters. The number of carboxylic acid groups (broad SMARTS) is 1. The van der Waals surface area contributed by atoms with E-state index >= 15 is 0 Å². The van der Waals surface area contributed by atoms with Gasteiger partial charge in [-0.1, -0.05) is 0 Å². The monoisotopic (exact) mass is 213 g/mol. The summed E-state index contributed by atoms with van der Waals surface area (Å²) in [6.07, 6.45) is 0. The quantitative estimate of drug-likeness (QED) is 0.777. The first-order valence-corrected chi connectivity index (χ1v) is 5.38. The van der Waals surface area contributed by atoms with Crippen molar-refractivity contribution in [2.75, 3.05) is 5.75 Å². The Hall–Kier alpha value is -0.940. The Labute approximate surface area is 85.7 Å². The van der Waals surface area contributed by atoms with Crippen molar-refractivity contribution < 1.29 is 14.3 Å². The van der Waals surface area contributed by atoms with E-state index in [9.17, 15) is 4.79 Å². The SMILES string of the molecule is Cc1ccc([C@H]2N[C@H](C(=O)O)CS2)o1. The minimum atomic E-state index is -0.803. The van der Waals surface area contributed by atoms with Gasteiger partial charge in [0.25, 0.3) is 0 Å². The molecule has 1 aliphatic heterocycles. The van der Waals surface area contributed by atoms with Crippen molar-refractivity contribution in [1.29, 1.82) is 0 Å². The van der Waals surface area contributed by atoms with E-state index in [0.29, 0.717) is 5.75 Å². The number of aryl methyl sites for hydroxylation is 1. The maximum Gasteiger partial charge on any atom is 0.321 e. The molecule has 1 fully saturated rings. The van der Waals surface area contributed by atoms with Gasteiger partial charge in [0.05, 0.1) is 0 Å². The van der Waals surface area contributed by atoms with Gasteiger partial charge in [0, 0.05) is 5.75 Å². The largest absolute Gasteiger partial charge is 0.480 e. The summed E-state index contributed by atoms with van der Waals surface area (Å²) >= 11 is 1.56. The number of rotatable bonds is 2. The smallest absolute Gasteiger partial charge is 0.321 e. The average molecular weight is 213 g/mol. The molecule has 1 aromatic heterocycles. The maximum atomic E-state index is 10.7. The van der Waals surface area contributed by atoms with Crippen LogP contribution in [0.2, 0.25) is 0 Å². The van der Waals surface area contributed by atoms with Crippen LogP contribution in [0, 0.1) is 6.92 Å². The third kappa shape index (κ3) is 1.78. The summed E-state index contributed by atoms with van der Waals surface area (Å²) in [7, 11) is 0. The van der Waals surface area contributed by atoms with Gasteiger partial charge < -0.3 is 9.52 Å². The third-order valence-electron chi connectivity index (χ3n) is 2.10. The second kappa shape index (κ2) is 3.67. The molecule has 2 N–H and O–H groups in total. The Kier molecular flexibility index (Phi) is 2.52. The van der Waals surface area contributed by atoms with E-state index in [1.54, 1.807) is 11.8 Å². The topological polar surface area (TPSA) is 62.5 Å². The Bertz CT molecular complexity index is 350. The summed E-state index contributed by atoms with van der Waals surface area (Å²) < 4.78 is 5.42. The minimum absolute atomic E-state index is 0.0233. The lowest BCUT2D eigenvalue weighted by atomic mass is 10.3. The molecule has 0 unspecified atom stereocenters. The van der Waals surface area contributed by atoms with Crippen LogP contribution >= 0.6 is 11.8 Å². The van der Waals surface area contributed by atoms with Crippen molar-refractivity contribution >= 4 is 17.7 Å². The first kappa shape index (κ1) is 9.61. The van der Waals surface area contributed by atoms with Gasteiger partial charge in [0.15, 0.2) is 0 Å². The van der Waals surface area contributed by atoms with Gasteiger partial charge in [0.1, 0.15) is 22.9 Å². The zero-order valence-electron chi connectivity index (χ0n) is 7.69. The summed E-state index contributed by atoms with van der Waals surface area (Å²) in [5, 5.41) is 11.7. The van der Waals surface area contributed by atoms with Crippen LogP contribution in [0.1, 0.15) is 16.9 Å². The zero-order valence-corrected chi connectivity index (χ0v) is 8.50. The Balaban J connectivity index is 2.05. The van der Waals surface area contributed by atoms with Crippen LogP contribution in [-0.2, 0) is 4.79 Å². The molecule has 0 amide bonds. The van der Waals surface area contributed by atoms with Crippen LogP contribution in [0.5, 0.6) is 0 Å². The average Bonchev–Trinajstić information content (AvgIpc) is 2.70. The highest BCUT2D eigenvalue weighted by molar-refractivity contribution is 7.99. The molecule has 0 aromatic carbocycles. The first-order chi connectivity index (χ1) is 6.66. The molecule has 14 heavy (non-hydrogen) atoms. The van der Waals surface area contributed by atoms with Gasteiger partial charge in [-0.15, -0.1) is 11.8 Å². The molecule has 2 heterocycles. The van der Waals surface area contributed by atoms with Gasteiger partial charge in [-0.2, -0.15) is 0 Å². The van der Waals surface area contributed by atoms with Gasteiger partial charge >= 0.3 is 5.97 Å². The number of carboxylic acids is 1. The van der Waals surface area contributed by atoms with Crippen molar-refractivity contribution in [3.8, 4) is 0 Å². The molecule has 1 aliphatic rings. The van der Waals surface area contributed by atoms with Crippen molar-refractivity contribution in [3.05, 3.63) is 23.7 Å². The van der Waals surface area contributed by atoms with E-state index in [-0.39, 0.29) is 5.37 Å². The summed E-state index contributed by atoms with van der Waals surface area (Å²) in [5.41, 5.74) is 0. The Morgan fingerprint density at radius 2 is 2.50 bits per heavy atom. The van der Waals surface area contributed by atoms with Crippen molar-refractivity contribution in [2.24, 2.45) is 0 Å². The van der Waals surface area contributed by atoms with E-state index in [1.807, 2.05) is 19.1 Å². The highest BCUT2D eigenvalue weighted by atomic mass is 32.2. The summed E-state index contributed by atoms with van der Waals surface area (Å²) in [6.45, 7) is 1.87. The molecule has 1 saturated heterocycles. The van der Waals surface area contributed by atoms with Crippen molar-refractivity contribution in [3.63, 3.8) is 0 Å². The van der Waals surface area contributed by atoms with E-state index in [4.69, 9.17) is 9.52 Å². The number of thioether (sulfide) groups is 1. The standard InChI is InChI=1S/C9H11NO3S/c1-5-2-3-7(13-5)8-10-6(4-14-8)9(11)12/h2-3,6,8,10H,4H2,1H3,(H,11,12)/t6-,8-/m0/s1. The second-order valence-corrected chi connectivity index (χ2v) is 4.36. The highest BCUT2D eigenvalue weighted by Gasteiger charge is 2.31. The van der Waals surface area contributed by atoms with Gasteiger partial charge in [0.2, 0.25) is 0 Å². The lowest BCUT2D eigenvalue weighted by molar-refractivity contribution is -0.138. The lowest BCUT2D eigenvalue weighted by Gasteiger charge is -2.07. The normalized spacial score (nSPS) is 26.6. The number of hydrogen-bond acceptors (Lipinski definition) is 4. The second-order valence-electron chi connectivity index (χ2n) is 3.22. The van der Waals surface area contributed by atoms with Crippen LogP contribution in [0.3, 0.4) is 0 Å². The Morgan fingerprint density at radius 1 is 1.71 bits per heavy atom. The molecule has 2 rings (SSSR count). The van der Waals surface area contributed by atoms with Crippen LogP contribution < -0.4 is 5.32 Å². The van der Waals surface area contributed by atoms with Crippen molar-refractivity contribution in [1.82, 2.24) is 5.32 Å². The van der Waals surface area contributed by atoms with E-state index in [2.05, 4.69) is 5.32 Å². The molecule has 0 bridgehead atoms. The lowest BCUT2D eigenvalue weighted by Crippen LogP contribution is -2.33. The maximum absolute atomic E-state index is 10.7. The van der Waals surface area contributed by atoms with Crippen LogP contribution in [0.15, 0.2) is 16.5 Å². The molecule has 0 spiro atoms. The summed E-state index contributed by atoms with van der Waals surface area (Å²) in [4.78, 5) is 10.7. The molecule has 0 radical (unpaired) electrons. The third-order valence-corrected chi connectivity index (χ3v) is 3.33. The van der Waals surface area contributed by atoms with Gasteiger partial charge in [-0.3, -0.25) is 10.1 Å². The fourth-order valence-corrected chi connectivity index (χ4v) is 2.55. The molecule has 1 aromatic rings. The number of furan rings is 1. The number of nitrogens with one attached hydrogen (secondary N) is 1. The molecular formula is C9H11NO3S. The minimum Gasteiger partial charge on any atom is -0.480 e. The molecule has 5 heteroatoms. The summed E-state index contributed by atoms with van der Waals surface area (Å²) in [6, 6.07) is 3.30. The fourth-order valence-electron chi connectivity index (χ4n) is 1.37. The fraction of sp³-hybridized carbons (Fsp3) is 0.444. The molecule has 4 nitrogen and oxygen atoms in total. The van der Waals surface area contributed by atoms with E-state index < -0.39 is 12.0 Å². The van der Waals surface area contributed by atoms with Crippen LogP contribution in [0.25, 0.3) is 0 Å². The number of carbonyl (C=O) groups is 1. The predicted octanol–water partition coefficient (Wildman–Crippen LogP) is 1.38. The van der Waals surface area contributed by atoms with Gasteiger partial charge in [-0.25, -0.2) is 0 Å². The van der Waals surface area contributed by atoms with E-state index in [1.165, 1.54) is 0 Å². The van der Waals surface area contributed by atoms with Crippen LogP contribution in [-0.4, -0.2) is 22.9 Å².